The van der Waals surface area contributed by atoms with Crippen LogP contribution in [0.25, 0.3) is 21.8 Å². The van der Waals surface area contributed by atoms with Crippen molar-refractivity contribution < 1.29 is 0 Å². The zero-order valence-corrected chi connectivity index (χ0v) is 18.8. The van der Waals surface area contributed by atoms with Crippen molar-refractivity contribution >= 4 is 72.6 Å². The van der Waals surface area contributed by atoms with Gasteiger partial charge in [0.1, 0.15) is 5.03 Å². The molecular weight excluding hydrogens is 478 g/mol. The smallest absolute Gasteiger partial charge is 0.164 e. The van der Waals surface area contributed by atoms with Gasteiger partial charge in [-0.05, 0) is 59.3 Å². The second-order valence-corrected chi connectivity index (χ2v) is 9.08. The maximum absolute atomic E-state index is 6.41. The number of hydrogen-bond acceptors (Lipinski definition) is 4. The average Bonchev–Trinajstić information content (AvgIpc) is 2.76. The summed E-state index contributed by atoms with van der Waals surface area (Å²) in [5.74, 6) is 0.699. The first kappa shape index (κ1) is 19.4. The van der Waals surface area contributed by atoms with E-state index >= 15 is 0 Å². The van der Waals surface area contributed by atoms with Gasteiger partial charge in [0.2, 0.25) is 0 Å². The molecule has 30 heavy (non-hydrogen) atoms. The number of nitrogens with zero attached hydrogens (tertiary/aromatic N) is 2. The largest absolute Gasteiger partial charge is 0.338 e. The van der Waals surface area contributed by atoms with E-state index in [0.717, 1.165) is 41.9 Å². The van der Waals surface area contributed by atoms with Crippen molar-refractivity contribution in [2.45, 2.75) is 9.92 Å². The number of halogens is 2. The highest BCUT2D eigenvalue weighted by molar-refractivity contribution is 9.10. The predicted octanol–water partition coefficient (Wildman–Crippen LogP) is 8.09. The van der Waals surface area contributed by atoms with Crippen LogP contribution in [0.5, 0.6) is 0 Å². The fourth-order valence-corrected chi connectivity index (χ4v) is 4.55. The number of hydrogen-bond donors (Lipinski definition) is 1. The van der Waals surface area contributed by atoms with Gasteiger partial charge >= 0.3 is 0 Å². The van der Waals surface area contributed by atoms with Crippen LogP contribution in [0.15, 0.2) is 99.3 Å². The van der Waals surface area contributed by atoms with Gasteiger partial charge in [-0.25, -0.2) is 9.97 Å². The molecule has 0 atom stereocenters. The molecule has 5 aromatic rings. The van der Waals surface area contributed by atoms with Gasteiger partial charge < -0.3 is 5.32 Å². The molecule has 5 rings (SSSR count). The van der Waals surface area contributed by atoms with Crippen LogP contribution >= 0.6 is 39.3 Å². The normalized spacial score (nSPS) is 11.1. The number of nitrogens with one attached hydrogen (secondary N) is 1. The lowest BCUT2D eigenvalue weighted by Crippen LogP contribution is -1.99. The highest BCUT2D eigenvalue weighted by Gasteiger charge is 2.13. The summed E-state index contributed by atoms with van der Waals surface area (Å²) in [5, 5.41) is 7.17. The summed E-state index contributed by atoms with van der Waals surface area (Å²) in [6.07, 6.45) is 0. The van der Waals surface area contributed by atoms with E-state index < -0.39 is 0 Å². The number of rotatable bonds is 4. The second kappa shape index (κ2) is 8.26. The molecule has 0 saturated carbocycles. The topological polar surface area (TPSA) is 37.8 Å². The maximum Gasteiger partial charge on any atom is 0.164 e. The van der Waals surface area contributed by atoms with E-state index in [9.17, 15) is 0 Å². The fourth-order valence-electron chi connectivity index (χ4n) is 3.18. The average molecular weight is 493 g/mol. The van der Waals surface area contributed by atoms with Crippen LogP contribution in [0.4, 0.5) is 11.5 Å². The Kier molecular flexibility index (Phi) is 5.34. The van der Waals surface area contributed by atoms with Crippen LogP contribution in [-0.4, -0.2) is 9.97 Å². The van der Waals surface area contributed by atoms with E-state index in [-0.39, 0.29) is 0 Å². The number of benzene rings is 4. The Morgan fingerprint density at radius 3 is 2.10 bits per heavy atom. The third-order valence-electron chi connectivity index (χ3n) is 4.65. The van der Waals surface area contributed by atoms with Crippen molar-refractivity contribution in [1.82, 2.24) is 9.97 Å². The molecule has 0 fully saturated rings. The van der Waals surface area contributed by atoms with E-state index in [0.29, 0.717) is 10.8 Å². The molecule has 1 heterocycles. The summed E-state index contributed by atoms with van der Waals surface area (Å²) >= 11 is 11.4. The quantitative estimate of drug-likeness (QED) is 0.257. The van der Waals surface area contributed by atoms with E-state index in [4.69, 9.17) is 21.6 Å². The Hall–Kier alpha value is -2.60. The summed E-state index contributed by atoms with van der Waals surface area (Å²) < 4.78 is 1.02. The first-order valence-corrected chi connectivity index (χ1v) is 11.3. The number of aromatic nitrogens is 2. The second-order valence-electron chi connectivity index (χ2n) is 6.73. The lowest BCUT2D eigenvalue weighted by molar-refractivity contribution is 1.12. The Labute approximate surface area is 191 Å². The monoisotopic (exact) mass is 491 g/mol. The summed E-state index contributed by atoms with van der Waals surface area (Å²) in [4.78, 5) is 10.8. The Morgan fingerprint density at radius 2 is 1.40 bits per heavy atom. The molecule has 0 aliphatic heterocycles. The zero-order valence-electron chi connectivity index (χ0n) is 15.6. The first-order valence-electron chi connectivity index (χ1n) is 9.31. The van der Waals surface area contributed by atoms with Crippen LogP contribution in [0, 0.1) is 0 Å². The maximum atomic E-state index is 6.41. The minimum Gasteiger partial charge on any atom is -0.338 e. The molecule has 6 heteroatoms. The zero-order chi connectivity index (χ0) is 20.5. The third-order valence-corrected chi connectivity index (χ3v) is 6.67. The highest BCUT2D eigenvalue weighted by Crippen LogP contribution is 2.37. The van der Waals surface area contributed by atoms with Gasteiger partial charge in [-0.15, -0.1) is 0 Å². The van der Waals surface area contributed by atoms with Crippen molar-refractivity contribution in [2.75, 3.05) is 5.32 Å². The molecule has 1 N–H and O–H groups in total. The van der Waals surface area contributed by atoms with E-state index in [2.05, 4.69) is 45.5 Å². The summed E-state index contributed by atoms with van der Waals surface area (Å²) in [5.41, 5.74) is 2.63. The van der Waals surface area contributed by atoms with E-state index in [1.165, 1.54) is 11.8 Å². The van der Waals surface area contributed by atoms with Crippen LogP contribution in [-0.2, 0) is 0 Å². The Morgan fingerprint density at radius 1 is 0.767 bits per heavy atom. The molecule has 146 valence electrons. The van der Waals surface area contributed by atoms with Gasteiger partial charge in [-0.1, -0.05) is 75.7 Å². The predicted molar refractivity (Wildman–Crippen MR) is 130 cm³/mol. The van der Waals surface area contributed by atoms with E-state index in [1.54, 1.807) is 0 Å². The molecule has 1 aromatic heterocycles. The molecule has 0 saturated heterocycles. The van der Waals surface area contributed by atoms with Crippen molar-refractivity contribution in [3.63, 3.8) is 0 Å². The van der Waals surface area contributed by atoms with Crippen molar-refractivity contribution in [2.24, 2.45) is 0 Å². The minimum absolute atomic E-state index is 0.692. The van der Waals surface area contributed by atoms with Crippen LogP contribution in [0.2, 0.25) is 5.02 Å². The molecule has 0 unspecified atom stereocenters. The number of fused-ring (bicyclic) bond motifs is 2. The summed E-state index contributed by atoms with van der Waals surface area (Å²) in [7, 11) is 0. The SMILES string of the molecule is Clc1ccccc1Sc1nc2cc3ccccc3cc2nc1Nc1ccc(Br)cc1. The Balaban J connectivity index is 1.65. The molecule has 0 aliphatic rings. The van der Waals surface area contributed by atoms with Gasteiger partial charge in [0.25, 0.3) is 0 Å². The lowest BCUT2D eigenvalue weighted by atomic mass is 10.1. The lowest BCUT2D eigenvalue weighted by Gasteiger charge is -2.13. The molecule has 0 spiro atoms. The molecule has 0 bridgehead atoms. The van der Waals surface area contributed by atoms with Gasteiger partial charge in [-0.3, -0.25) is 0 Å². The van der Waals surface area contributed by atoms with Gasteiger partial charge in [0.05, 0.1) is 16.1 Å². The van der Waals surface area contributed by atoms with Gasteiger partial charge in [0, 0.05) is 15.1 Å². The molecule has 3 nitrogen and oxygen atoms in total. The summed E-state index contributed by atoms with van der Waals surface area (Å²) in [6, 6.07) is 28.1. The molecule has 0 amide bonds. The first-order chi connectivity index (χ1) is 14.7. The highest BCUT2D eigenvalue weighted by atomic mass is 79.9. The van der Waals surface area contributed by atoms with Crippen LogP contribution < -0.4 is 5.32 Å². The molecule has 0 aliphatic carbocycles. The standard InChI is InChI=1S/C24H15BrClN3S/c25-17-9-11-18(12-10-17)27-23-24(30-22-8-4-3-7-19(22)26)29-21-14-16-6-2-1-5-15(16)13-20(21)28-23/h1-14H,(H,27,28). The molecule has 0 radical (unpaired) electrons. The minimum atomic E-state index is 0.692. The molecular formula is C24H15BrClN3S. The Bertz CT molecular complexity index is 1370. The van der Waals surface area contributed by atoms with Crippen molar-refractivity contribution in [3.8, 4) is 0 Å². The van der Waals surface area contributed by atoms with E-state index in [1.807, 2.05) is 60.7 Å². The van der Waals surface area contributed by atoms with Crippen molar-refractivity contribution in [3.05, 3.63) is 94.4 Å². The third kappa shape index (κ3) is 4.01. The molecule has 4 aromatic carbocycles. The van der Waals surface area contributed by atoms with Crippen LogP contribution in [0.3, 0.4) is 0 Å². The van der Waals surface area contributed by atoms with Crippen LogP contribution in [0.1, 0.15) is 0 Å². The van der Waals surface area contributed by atoms with Gasteiger partial charge in [-0.2, -0.15) is 0 Å². The van der Waals surface area contributed by atoms with Gasteiger partial charge in [0.15, 0.2) is 5.82 Å². The fraction of sp³-hybridized carbons (Fsp3) is 0. The van der Waals surface area contributed by atoms with Crippen molar-refractivity contribution in [1.29, 1.82) is 0 Å². The summed E-state index contributed by atoms with van der Waals surface area (Å²) in [6.45, 7) is 0. The number of anilines is 2.